The lowest BCUT2D eigenvalue weighted by Gasteiger charge is -2.24. The average molecular weight is 335 g/mol. The van der Waals surface area contributed by atoms with Crippen LogP contribution in [0.1, 0.15) is 13.3 Å². The molecule has 0 aromatic heterocycles. The molecule has 0 radical (unpaired) electrons. The Kier molecular flexibility index (Phi) is 4.97. The number of anilines is 2. The first kappa shape index (κ1) is 16.9. The Morgan fingerprint density at radius 1 is 1.17 bits per heavy atom. The monoisotopic (exact) mass is 335 g/mol. The fraction of sp³-hybridized carbons (Fsp3) is 0.200. The SMILES string of the molecule is CCCN(c1ccccc1)c1ccc(S(N)(=O)=O)cc1[N+](=O)[O-]. The largest absolute Gasteiger partial charge is 0.336 e. The van der Waals surface area contributed by atoms with Crippen molar-refractivity contribution in [3.05, 3.63) is 58.6 Å². The zero-order valence-electron chi connectivity index (χ0n) is 12.5. The number of nitrogens with two attached hydrogens (primary N) is 1. The van der Waals surface area contributed by atoms with Crippen molar-refractivity contribution in [3.63, 3.8) is 0 Å². The number of primary sulfonamides is 1. The van der Waals surface area contributed by atoms with Crippen LogP contribution in [0.5, 0.6) is 0 Å². The van der Waals surface area contributed by atoms with E-state index in [1.807, 2.05) is 37.3 Å². The molecule has 8 heteroatoms. The highest BCUT2D eigenvalue weighted by atomic mass is 32.2. The number of nitrogens with zero attached hydrogens (tertiary/aromatic N) is 2. The van der Waals surface area contributed by atoms with E-state index in [1.54, 1.807) is 4.90 Å². The third-order valence-electron chi connectivity index (χ3n) is 3.28. The Bertz CT molecular complexity index is 807. The van der Waals surface area contributed by atoms with Crippen LogP contribution in [0.15, 0.2) is 53.4 Å². The van der Waals surface area contributed by atoms with E-state index >= 15 is 0 Å². The lowest BCUT2D eigenvalue weighted by molar-refractivity contribution is -0.384. The second-order valence-corrected chi connectivity index (χ2v) is 6.50. The van der Waals surface area contributed by atoms with Gasteiger partial charge in [-0.05, 0) is 30.7 Å². The predicted octanol–water partition coefficient (Wildman–Crippen LogP) is 2.79. The van der Waals surface area contributed by atoms with E-state index in [-0.39, 0.29) is 10.6 Å². The van der Waals surface area contributed by atoms with Crippen LogP contribution in [-0.2, 0) is 10.0 Å². The van der Waals surface area contributed by atoms with Crippen LogP contribution in [-0.4, -0.2) is 19.9 Å². The normalized spacial score (nSPS) is 11.2. The van der Waals surface area contributed by atoms with Gasteiger partial charge in [-0.1, -0.05) is 25.1 Å². The summed E-state index contributed by atoms with van der Waals surface area (Å²) in [6, 6.07) is 12.9. The van der Waals surface area contributed by atoms with Crippen molar-refractivity contribution >= 4 is 27.1 Å². The van der Waals surface area contributed by atoms with E-state index in [1.165, 1.54) is 12.1 Å². The minimum atomic E-state index is -4.00. The summed E-state index contributed by atoms with van der Waals surface area (Å²) in [5.74, 6) is 0. The molecule has 0 fully saturated rings. The first-order valence-electron chi connectivity index (χ1n) is 6.98. The summed E-state index contributed by atoms with van der Waals surface area (Å²) < 4.78 is 22.9. The van der Waals surface area contributed by atoms with Gasteiger partial charge in [0.05, 0.1) is 9.82 Å². The van der Waals surface area contributed by atoms with Crippen LogP contribution in [0.25, 0.3) is 0 Å². The molecule has 2 aromatic carbocycles. The van der Waals surface area contributed by atoms with E-state index in [0.29, 0.717) is 12.2 Å². The lowest BCUT2D eigenvalue weighted by Crippen LogP contribution is -2.20. The van der Waals surface area contributed by atoms with Crippen LogP contribution in [0.3, 0.4) is 0 Å². The number of benzene rings is 2. The number of hydrogen-bond donors (Lipinski definition) is 1. The fourth-order valence-corrected chi connectivity index (χ4v) is 2.81. The summed E-state index contributed by atoms with van der Waals surface area (Å²) in [4.78, 5) is 12.3. The molecule has 23 heavy (non-hydrogen) atoms. The van der Waals surface area contributed by atoms with E-state index < -0.39 is 14.9 Å². The maximum atomic E-state index is 11.4. The summed E-state index contributed by atoms with van der Waals surface area (Å²) in [6.07, 6.45) is 0.767. The Labute approximate surface area is 134 Å². The van der Waals surface area contributed by atoms with E-state index in [4.69, 9.17) is 5.14 Å². The molecule has 2 N–H and O–H groups in total. The van der Waals surface area contributed by atoms with Gasteiger partial charge in [0, 0.05) is 18.3 Å². The van der Waals surface area contributed by atoms with Gasteiger partial charge in [0.15, 0.2) is 0 Å². The minimum Gasteiger partial charge on any atom is -0.336 e. The molecular weight excluding hydrogens is 318 g/mol. The van der Waals surface area contributed by atoms with Gasteiger partial charge in [-0.25, -0.2) is 13.6 Å². The second kappa shape index (κ2) is 6.76. The van der Waals surface area contributed by atoms with Crippen LogP contribution in [0, 0.1) is 10.1 Å². The minimum absolute atomic E-state index is 0.280. The number of para-hydroxylation sites is 1. The second-order valence-electron chi connectivity index (χ2n) is 4.94. The first-order valence-corrected chi connectivity index (χ1v) is 8.53. The number of sulfonamides is 1. The summed E-state index contributed by atoms with van der Waals surface area (Å²) in [7, 11) is -4.00. The molecule has 0 amide bonds. The molecule has 0 saturated heterocycles. The van der Waals surface area contributed by atoms with Gasteiger partial charge in [-0.15, -0.1) is 0 Å². The Balaban J connectivity index is 2.61. The fourth-order valence-electron chi connectivity index (χ4n) is 2.27. The van der Waals surface area contributed by atoms with Crippen molar-refractivity contribution in [2.45, 2.75) is 18.2 Å². The molecule has 0 aliphatic rings. The molecule has 122 valence electrons. The van der Waals surface area contributed by atoms with Crippen molar-refractivity contribution in [1.29, 1.82) is 0 Å². The summed E-state index contributed by atoms with van der Waals surface area (Å²) in [5, 5.41) is 16.4. The standard InChI is InChI=1S/C15H17N3O4S/c1-2-10-17(12-6-4-3-5-7-12)14-9-8-13(23(16,21)22)11-15(14)18(19)20/h3-9,11H,2,10H2,1H3,(H2,16,21,22). The molecule has 2 rings (SSSR count). The highest BCUT2D eigenvalue weighted by Crippen LogP contribution is 2.35. The molecule has 0 aliphatic carbocycles. The summed E-state index contributed by atoms with van der Waals surface area (Å²) in [6.45, 7) is 2.51. The number of hydrogen-bond acceptors (Lipinski definition) is 5. The highest BCUT2D eigenvalue weighted by molar-refractivity contribution is 7.89. The smallest absolute Gasteiger partial charge is 0.294 e. The molecule has 0 spiro atoms. The lowest BCUT2D eigenvalue weighted by atomic mass is 10.2. The van der Waals surface area contributed by atoms with Gasteiger partial charge < -0.3 is 4.90 Å². The Morgan fingerprint density at radius 2 is 1.83 bits per heavy atom. The van der Waals surface area contributed by atoms with Gasteiger partial charge in [0.25, 0.3) is 5.69 Å². The first-order chi connectivity index (χ1) is 10.8. The topological polar surface area (TPSA) is 107 Å². The Morgan fingerprint density at radius 3 is 2.35 bits per heavy atom. The quantitative estimate of drug-likeness (QED) is 0.645. The molecule has 0 saturated carbocycles. The third-order valence-corrected chi connectivity index (χ3v) is 4.19. The van der Waals surface area contributed by atoms with Crippen molar-refractivity contribution in [2.75, 3.05) is 11.4 Å². The van der Waals surface area contributed by atoms with E-state index in [0.717, 1.165) is 18.2 Å². The third kappa shape index (κ3) is 3.85. The number of nitro groups is 1. The maximum absolute atomic E-state index is 11.4. The van der Waals surface area contributed by atoms with Gasteiger partial charge >= 0.3 is 0 Å². The maximum Gasteiger partial charge on any atom is 0.294 e. The zero-order valence-corrected chi connectivity index (χ0v) is 13.4. The van der Waals surface area contributed by atoms with Crippen LogP contribution < -0.4 is 10.0 Å². The Hall–Kier alpha value is -2.45. The van der Waals surface area contributed by atoms with Crippen LogP contribution >= 0.6 is 0 Å². The molecule has 0 atom stereocenters. The molecule has 0 unspecified atom stereocenters. The van der Waals surface area contributed by atoms with Crippen molar-refractivity contribution in [3.8, 4) is 0 Å². The molecule has 0 heterocycles. The molecule has 0 bridgehead atoms. The zero-order chi connectivity index (χ0) is 17.0. The van der Waals surface area contributed by atoms with Crippen molar-refractivity contribution < 1.29 is 13.3 Å². The highest BCUT2D eigenvalue weighted by Gasteiger charge is 2.23. The van der Waals surface area contributed by atoms with Gasteiger partial charge in [0.2, 0.25) is 10.0 Å². The predicted molar refractivity (Wildman–Crippen MR) is 88.2 cm³/mol. The molecule has 0 aliphatic heterocycles. The van der Waals surface area contributed by atoms with Gasteiger partial charge in [-0.2, -0.15) is 0 Å². The van der Waals surface area contributed by atoms with E-state index in [9.17, 15) is 18.5 Å². The van der Waals surface area contributed by atoms with E-state index in [2.05, 4.69) is 0 Å². The number of nitro benzene ring substituents is 1. The molecule has 2 aromatic rings. The van der Waals surface area contributed by atoms with Gasteiger partial charge in [-0.3, -0.25) is 10.1 Å². The van der Waals surface area contributed by atoms with Crippen molar-refractivity contribution in [1.82, 2.24) is 0 Å². The van der Waals surface area contributed by atoms with Gasteiger partial charge in [0.1, 0.15) is 5.69 Å². The average Bonchev–Trinajstić information content (AvgIpc) is 2.52. The van der Waals surface area contributed by atoms with Crippen LogP contribution in [0.4, 0.5) is 17.1 Å². The number of rotatable bonds is 6. The van der Waals surface area contributed by atoms with Crippen molar-refractivity contribution in [2.24, 2.45) is 5.14 Å². The molecule has 7 nitrogen and oxygen atoms in total. The van der Waals surface area contributed by atoms with Crippen LogP contribution in [0.2, 0.25) is 0 Å². The summed E-state index contributed by atoms with van der Waals surface area (Å²) >= 11 is 0. The summed E-state index contributed by atoms with van der Waals surface area (Å²) in [5.41, 5.74) is 0.824. The molecular formula is C15H17N3O4S.